The van der Waals surface area contributed by atoms with Gasteiger partial charge < -0.3 is 9.88 Å². The van der Waals surface area contributed by atoms with Gasteiger partial charge in [0.05, 0.1) is 16.6 Å². The summed E-state index contributed by atoms with van der Waals surface area (Å²) in [5.74, 6) is 0.778. The maximum absolute atomic E-state index is 12.9. The second-order valence-electron chi connectivity index (χ2n) is 7.32. The molecule has 146 valence electrons. The number of nitrogens with zero attached hydrogens (tertiary/aromatic N) is 4. The molecule has 0 spiro atoms. The Hall–Kier alpha value is -3.45. The van der Waals surface area contributed by atoms with E-state index in [0.29, 0.717) is 5.56 Å². The number of carbonyl (C=O) groups excluding carboxylic acids is 1. The lowest BCUT2D eigenvalue weighted by atomic mass is 10.1. The van der Waals surface area contributed by atoms with Crippen LogP contribution in [0, 0.1) is 0 Å². The summed E-state index contributed by atoms with van der Waals surface area (Å²) in [5, 5.41) is 8.44. The van der Waals surface area contributed by atoms with E-state index in [0.717, 1.165) is 66.2 Å². The Bertz CT molecular complexity index is 1170. The van der Waals surface area contributed by atoms with Crippen LogP contribution >= 0.6 is 0 Å². The molecule has 2 aromatic carbocycles. The van der Waals surface area contributed by atoms with Crippen molar-refractivity contribution in [3.63, 3.8) is 0 Å². The van der Waals surface area contributed by atoms with Crippen LogP contribution in [0.25, 0.3) is 33.5 Å². The minimum absolute atomic E-state index is 0.0602. The Morgan fingerprint density at radius 1 is 1.10 bits per heavy atom. The van der Waals surface area contributed by atoms with Crippen molar-refractivity contribution in [3.8, 4) is 11.5 Å². The summed E-state index contributed by atoms with van der Waals surface area (Å²) in [6.07, 6.45) is 1.91. The van der Waals surface area contributed by atoms with Gasteiger partial charge in [-0.15, -0.1) is 6.58 Å². The van der Waals surface area contributed by atoms with E-state index in [1.54, 1.807) is 0 Å². The number of aromatic nitrogens is 4. The molecule has 0 unspecified atom stereocenters. The quantitative estimate of drug-likeness (QED) is 0.528. The number of H-pyrrole nitrogens is 2. The second kappa shape index (κ2) is 7.18. The minimum atomic E-state index is 0.0602. The van der Waals surface area contributed by atoms with Gasteiger partial charge in [0.1, 0.15) is 5.69 Å². The zero-order valence-electron chi connectivity index (χ0n) is 16.1. The Kier molecular flexibility index (Phi) is 4.37. The van der Waals surface area contributed by atoms with Gasteiger partial charge in [0.15, 0.2) is 5.82 Å². The van der Waals surface area contributed by atoms with Crippen molar-refractivity contribution in [2.24, 2.45) is 0 Å². The van der Waals surface area contributed by atoms with Crippen LogP contribution in [0.15, 0.2) is 55.1 Å². The molecule has 5 rings (SSSR count). The molecule has 1 aliphatic heterocycles. The van der Waals surface area contributed by atoms with Crippen molar-refractivity contribution < 1.29 is 4.79 Å². The molecule has 1 fully saturated rings. The average molecular weight is 386 g/mol. The average Bonchev–Trinajstić information content (AvgIpc) is 3.37. The molecule has 0 radical (unpaired) electrons. The number of para-hydroxylation sites is 2. The molecule has 2 N–H and O–H groups in total. The summed E-state index contributed by atoms with van der Waals surface area (Å²) in [4.78, 5) is 25.1. The predicted octanol–water partition coefficient (Wildman–Crippen LogP) is 3.05. The third-order valence-corrected chi connectivity index (χ3v) is 5.47. The van der Waals surface area contributed by atoms with Crippen LogP contribution in [0.3, 0.4) is 0 Å². The van der Waals surface area contributed by atoms with Gasteiger partial charge in [-0.25, -0.2) is 4.98 Å². The minimum Gasteiger partial charge on any atom is -0.337 e. The third kappa shape index (κ3) is 3.19. The van der Waals surface area contributed by atoms with Crippen LogP contribution in [0.5, 0.6) is 0 Å². The Labute approximate surface area is 168 Å². The second-order valence-corrected chi connectivity index (χ2v) is 7.32. The molecule has 1 aliphatic rings. The topological polar surface area (TPSA) is 80.9 Å². The fourth-order valence-electron chi connectivity index (χ4n) is 3.90. The SMILES string of the molecule is C=CCN1CCN(C(=O)c2ccc3c(-c4nc5ccccc5[nH]4)n[nH]c3c2)CC1. The lowest BCUT2D eigenvalue weighted by Crippen LogP contribution is -2.48. The molecule has 1 saturated heterocycles. The number of aromatic amines is 2. The normalized spacial score (nSPS) is 15.2. The van der Waals surface area contributed by atoms with Crippen LogP contribution in [0.4, 0.5) is 0 Å². The van der Waals surface area contributed by atoms with Crippen molar-refractivity contribution in [1.82, 2.24) is 30.0 Å². The van der Waals surface area contributed by atoms with Crippen molar-refractivity contribution in [3.05, 3.63) is 60.7 Å². The van der Waals surface area contributed by atoms with Crippen LogP contribution in [-0.4, -0.2) is 68.6 Å². The highest BCUT2D eigenvalue weighted by Gasteiger charge is 2.22. The Morgan fingerprint density at radius 2 is 1.93 bits per heavy atom. The smallest absolute Gasteiger partial charge is 0.254 e. The van der Waals surface area contributed by atoms with Gasteiger partial charge >= 0.3 is 0 Å². The zero-order chi connectivity index (χ0) is 19.8. The first-order valence-electron chi connectivity index (χ1n) is 9.79. The Balaban J connectivity index is 1.40. The first-order chi connectivity index (χ1) is 14.2. The molecule has 7 nitrogen and oxygen atoms in total. The van der Waals surface area contributed by atoms with Gasteiger partial charge in [-0.2, -0.15) is 5.10 Å². The molecule has 0 saturated carbocycles. The number of imidazole rings is 1. The zero-order valence-corrected chi connectivity index (χ0v) is 16.1. The molecule has 29 heavy (non-hydrogen) atoms. The summed E-state index contributed by atoms with van der Waals surface area (Å²) >= 11 is 0. The molecule has 3 heterocycles. The summed E-state index contributed by atoms with van der Waals surface area (Å²) in [7, 11) is 0. The number of rotatable bonds is 4. The predicted molar refractivity (Wildman–Crippen MR) is 114 cm³/mol. The van der Waals surface area contributed by atoms with Crippen LogP contribution in [0.2, 0.25) is 0 Å². The highest BCUT2D eigenvalue weighted by molar-refractivity contribution is 6.00. The largest absolute Gasteiger partial charge is 0.337 e. The van der Waals surface area contributed by atoms with Crippen molar-refractivity contribution >= 4 is 27.8 Å². The summed E-state index contributed by atoms with van der Waals surface area (Å²) in [6.45, 7) is 7.87. The molecular weight excluding hydrogens is 364 g/mol. The van der Waals surface area contributed by atoms with E-state index in [9.17, 15) is 4.79 Å². The molecular formula is C22H22N6O. The monoisotopic (exact) mass is 386 g/mol. The van der Waals surface area contributed by atoms with E-state index < -0.39 is 0 Å². The van der Waals surface area contributed by atoms with Crippen molar-refractivity contribution in [2.75, 3.05) is 32.7 Å². The Morgan fingerprint density at radius 3 is 2.72 bits per heavy atom. The van der Waals surface area contributed by atoms with Gasteiger partial charge in [-0.05, 0) is 30.3 Å². The number of hydrogen-bond donors (Lipinski definition) is 2. The fourth-order valence-corrected chi connectivity index (χ4v) is 3.90. The number of benzene rings is 2. The number of piperazine rings is 1. The third-order valence-electron chi connectivity index (χ3n) is 5.47. The molecule has 2 aromatic heterocycles. The maximum atomic E-state index is 12.9. The van der Waals surface area contributed by atoms with Gasteiger partial charge in [0, 0.05) is 43.7 Å². The van der Waals surface area contributed by atoms with Gasteiger partial charge in [0.25, 0.3) is 5.91 Å². The van der Waals surface area contributed by atoms with Gasteiger partial charge in [-0.3, -0.25) is 14.8 Å². The number of fused-ring (bicyclic) bond motifs is 2. The van der Waals surface area contributed by atoms with Gasteiger partial charge in [0.2, 0.25) is 0 Å². The summed E-state index contributed by atoms with van der Waals surface area (Å²) in [5.41, 5.74) is 4.14. The summed E-state index contributed by atoms with van der Waals surface area (Å²) < 4.78 is 0. The van der Waals surface area contributed by atoms with Crippen LogP contribution in [-0.2, 0) is 0 Å². The maximum Gasteiger partial charge on any atom is 0.254 e. The van der Waals surface area contributed by atoms with Crippen molar-refractivity contribution in [1.29, 1.82) is 0 Å². The fraction of sp³-hybridized carbons (Fsp3) is 0.227. The molecule has 0 aliphatic carbocycles. The molecule has 1 amide bonds. The number of hydrogen-bond acceptors (Lipinski definition) is 4. The molecule has 7 heteroatoms. The van der Waals surface area contributed by atoms with Gasteiger partial charge in [-0.1, -0.05) is 18.2 Å². The van der Waals surface area contributed by atoms with E-state index >= 15 is 0 Å². The lowest BCUT2D eigenvalue weighted by molar-refractivity contribution is 0.0650. The molecule has 0 bridgehead atoms. The highest BCUT2D eigenvalue weighted by Crippen LogP contribution is 2.27. The van der Waals surface area contributed by atoms with E-state index in [2.05, 4.69) is 31.6 Å². The first-order valence-corrected chi connectivity index (χ1v) is 9.79. The highest BCUT2D eigenvalue weighted by atomic mass is 16.2. The van der Waals surface area contributed by atoms with E-state index in [-0.39, 0.29) is 5.91 Å². The number of nitrogens with one attached hydrogen (secondary N) is 2. The number of amides is 1. The molecule has 4 aromatic rings. The van der Waals surface area contributed by atoms with E-state index in [1.807, 2.05) is 53.4 Å². The summed E-state index contributed by atoms with van der Waals surface area (Å²) in [6, 6.07) is 13.6. The van der Waals surface area contributed by atoms with Crippen LogP contribution in [0.1, 0.15) is 10.4 Å². The van der Waals surface area contributed by atoms with Crippen molar-refractivity contribution in [2.45, 2.75) is 0 Å². The molecule has 0 atom stereocenters. The van der Waals surface area contributed by atoms with E-state index in [4.69, 9.17) is 0 Å². The first kappa shape index (κ1) is 17.6. The lowest BCUT2D eigenvalue weighted by Gasteiger charge is -2.34. The van der Waals surface area contributed by atoms with Crippen LogP contribution < -0.4 is 0 Å². The van der Waals surface area contributed by atoms with E-state index in [1.165, 1.54) is 0 Å². The number of carbonyl (C=O) groups is 1. The standard InChI is InChI=1S/C22H22N6O/c1-2-9-27-10-12-28(13-11-27)22(29)15-7-8-16-19(14-15)25-26-20(16)21-23-17-5-3-4-6-18(17)24-21/h2-8,14H,1,9-13H2,(H,23,24)(H,25,26).